The van der Waals surface area contributed by atoms with Gasteiger partial charge in [0.05, 0.1) is 5.56 Å². The summed E-state index contributed by atoms with van der Waals surface area (Å²) in [6, 6.07) is 2.02. The predicted octanol–water partition coefficient (Wildman–Crippen LogP) is 3.17. The first-order valence-electron chi connectivity index (χ1n) is 6.58. The van der Waals surface area contributed by atoms with Gasteiger partial charge in [0.25, 0.3) is 5.91 Å². The summed E-state index contributed by atoms with van der Waals surface area (Å²) in [4.78, 5) is 17.2. The van der Waals surface area contributed by atoms with E-state index in [1.54, 1.807) is 11.3 Å². The fourth-order valence-corrected chi connectivity index (χ4v) is 3.58. The zero-order valence-electron chi connectivity index (χ0n) is 10.6. The van der Waals surface area contributed by atoms with Crippen molar-refractivity contribution in [3.05, 3.63) is 28.2 Å². The number of amides is 1. The van der Waals surface area contributed by atoms with Crippen molar-refractivity contribution in [1.82, 2.24) is 15.2 Å². The van der Waals surface area contributed by atoms with Gasteiger partial charge in [0.1, 0.15) is 6.33 Å². The fourth-order valence-electron chi connectivity index (χ4n) is 2.52. The van der Waals surface area contributed by atoms with Gasteiger partial charge in [0, 0.05) is 10.3 Å². The lowest BCUT2D eigenvalue weighted by molar-refractivity contribution is 0.102. The maximum absolute atomic E-state index is 12.0. The summed E-state index contributed by atoms with van der Waals surface area (Å²) in [5.74, 6) is 0.899. The van der Waals surface area contributed by atoms with Crippen LogP contribution in [0.4, 0.5) is 5.95 Å². The van der Waals surface area contributed by atoms with E-state index in [-0.39, 0.29) is 5.91 Å². The molecule has 3 rings (SSSR count). The van der Waals surface area contributed by atoms with Crippen LogP contribution in [0.15, 0.2) is 17.8 Å². The van der Waals surface area contributed by atoms with Crippen molar-refractivity contribution in [3.63, 3.8) is 0 Å². The van der Waals surface area contributed by atoms with Crippen LogP contribution >= 0.6 is 11.3 Å². The van der Waals surface area contributed by atoms with E-state index >= 15 is 0 Å². The average molecular weight is 276 g/mol. The summed E-state index contributed by atoms with van der Waals surface area (Å²) in [5.41, 5.74) is 0.710. The number of hydrogen-bond donors (Lipinski definition) is 2. The standard InChI is InChI=1S/C13H16N4OS/c18-12(16-13-14-8-15-17-13)10-6-11(19-7-10)9-4-2-1-3-5-9/h6-9H,1-5H2,(H2,14,15,16,17,18). The first-order valence-corrected chi connectivity index (χ1v) is 7.46. The highest BCUT2D eigenvalue weighted by atomic mass is 32.1. The van der Waals surface area contributed by atoms with Gasteiger partial charge in [-0.3, -0.25) is 10.1 Å². The van der Waals surface area contributed by atoms with Crippen LogP contribution in [0, 0.1) is 0 Å². The van der Waals surface area contributed by atoms with E-state index in [0.717, 1.165) is 0 Å². The van der Waals surface area contributed by atoms with E-state index in [1.165, 1.54) is 43.3 Å². The molecule has 1 aliphatic rings. The minimum atomic E-state index is -0.130. The third kappa shape index (κ3) is 2.84. The maximum atomic E-state index is 12.0. The molecule has 2 aromatic heterocycles. The summed E-state index contributed by atoms with van der Waals surface area (Å²) < 4.78 is 0. The van der Waals surface area contributed by atoms with Gasteiger partial charge in [-0.2, -0.15) is 10.1 Å². The Morgan fingerprint density at radius 2 is 2.21 bits per heavy atom. The molecule has 6 heteroatoms. The van der Waals surface area contributed by atoms with Gasteiger partial charge < -0.3 is 0 Å². The molecule has 0 radical (unpaired) electrons. The van der Waals surface area contributed by atoms with E-state index in [9.17, 15) is 4.79 Å². The van der Waals surface area contributed by atoms with E-state index in [4.69, 9.17) is 0 Å². The second-order valence-electron chi connectivity index (χ2n) is 4.86. The van der Waals surface area contributed by atoms with Crippen molar-refractivity contribution in [2.24, 2.45) is 0 Å². The Kier molecular flexibility index (Phi) is 3.59. The van der Waals surface area contributed by atoms with E-state index in [0.29, 0.717) is 17.4 Å². The highest BCUT2D eigenvalue weighted by Gasteiger charge is 2.19. The monoisotopic (exact) mass is 276 g/mol. The number of aromatic nitrogens is 3. The van der Waals surface area contributed by atoms with Gasteiger partial charge >= 0.3 is 0 Å². The van der Waals surface area contributed by atoms with Crippen LogP contribution in [0.1, 0.15) is 53.3 Å². The smallest absolute Gasteiger partial charge is 0.258 e. The molecule has 0 atom stereocenters. The number of nitrogens with zero attached hydrogens (tertiary/aromatic N) is 2. The molecule has 2 N–H and O–H groups in total. The number of aromatic amines is 1. The van der Waals surface area contributed by atoms with Crippen molar-refractivity contribution >= 4 is 23.2 Å². The average Bonchev–Trinajstić information content (AvgIpc) is 3.10. The Labute approximate surface area is 115 Å². The molecule has 1 amide bonds. The number of hydrogen-bond acceptors (Lipinski definition) is 4. The third-order valence-electron chi connectivity index (χ3n) is 3.54. The lowest BCUT2D eigenvalue weighted by Crippen LogP contribution is -2.12. The van der Waals surface area contributed by atoms with Crippen LogP contribution in [0.25, 0.3) is 0 Å². The summed E-state index contributed by atoms with van der Waals surface area (Å²) in [5, 5.41) is 10.9. The zero-order chi connectivity index (χ0) is 13.1. The fraction of sp³-hybridized carbons (Fsp3) is 0.462. The quantitative estimate of drug-likeness (QED) is 0.904. The first-order chi connectivity index (χ1) is 9.33. The Bertz CT molecular complexity index is 543. The minimum absolute atomic E-state index is 0.130. The second kappa shape index (κ2) is 5.52. The number of carbonyl (C=O) groups excluding carboxylic acids is 1. The van der Waals surface area contributed by atoms with Gasteiger partial charge in [0.2, 0.25) is 5.95 Å². The normalized spacial score (nSPS) is 16.4. The maximum Gasteiger partial charge on any atom is 0.258 e. The van der Waals surface area contributed by atoms with Crippen LogP contribution in [0.5, 0.6) is 0 Å². The predicted molar refractivity (Wildman–Crippen MR) is 74.5 cm³/mol. The van der Waals surface area contributed by atoms with Crippen LogP contribution < -0.4 is 5.32 Å². The molecule has 0 unspecified atom stereocenters. The molecule has 2 aromatic rings. The molecular weight excluding hydrogens is 260 g/mol. The highest BCUT2D eigenvalue weighted by molar-refractivity contribution is 7.10. The largest absolute Gasteiger partial charge is 0.291 e. The molecule has 19 heavy (non-hydrogen) atoms. The number of nitrogens with one attached hydrogen (secondary N) is 2. The Balaban J connectivity index is 1.68. The van der Waals surface area contributed by atoms with Crippen LogP contribution in [-0.4, -0.2) is 21.1 Å². The van der Waals surface area contributed by atoms with Gasteiger partial charge in [-0.25, -0.2) is 5.10 Å². The summed E-state index contributed by atoms with van der Waals surface area (Å²) in [6.07, 6.45) is 7.84. The SMILES string of the molecule is O=C(Nc1ncn[nH]1)c1csc(C2CCCCC2)c1. The lowest BCUT2D eigenvalue weighted by Gasteiger charge is -2.19. The Morgan fingerprint density at radius 1 is 1.37 bits per heavy atom. The molecule has 0 aliphatic heterocycles. The van der Waals surface area contributed by atoms with Gasteiger partial charge in [-0.15, -0.1) is 11.3 Å². The van der Waals surface area contributed by atoms with Gasteiger partial charge in [0.15, 0.2) is 0 Å². The topological polar surface area (TPSA) is 70.7 Å². The summed E-state index contributed by atoms with van der Waals surface area (Å²) in [6.45, 7) is 0. The molecule has 0 spiro atoms. The van der Waals surface area contributed by atoms with Crippen molar-refractivity contribution in [3.8, 4) is 0 Å². The number of carbonyl (C=O) groups is 1. The Hall–Kier alpha value is -1.69. The third-order valence-corrected chi connectivity index (χ3v) is 4.63. The van der Waals surface area contributed by atoms with Gasteiger partial charge in [-0.05, 0) is 24.8 Å². The molecule has 1 aliphatic carbocycles. The number of H-pyrrole nitrogens is 1. The van der Waals surface area contributed by atoms with Crippen LogP contribution in [0.3, 0.4) is 0 Å². The zero-order valence-corrected chi connectivity index (χ0v) is 11.4. The Morgan fingerprint density at radius 3 is 2.95 bits per heavy atom. The van der Waals surface area contributed by atoms with Crippen molar-refractivity contribution < 1.29 is 4.79 Å². The molecule has 2 heterocycles. The number of anilines is 1. The van der Waals surface area contributed by atoms with E-state index in [2.05, 4.69) is 20.5 Å². The minimum Gasteiger partial charge on any atom is -0.291 e. The molecule has 1 fully saturated rings. The molecule has 5 nitrogen and oxygen atoms in total. The van der Waals surface area contributed by atoms with Crippen LogP contribution in [-0.2, 0) is 0 Å². The first kappa shape index (κ1) is 12.3. The van der Waals surface area contributed by atoms with E-state index < -0.39 is 0 Å². The summed E-state index contributed by atoms with van der Waals surface area (Å²) >= 11 is 1.69. The highest BCUT2D eigenvalue weighted by Crippen LogP contribution is 2.35. The number of rotatable bonds is 3. The molecule has 1 saturated carbocycles. The molecular formula is C13H16N4OS. The summed E-state index contributed by atoms with van der Waals surface area (Å²) in [7, 11) is 0. The number of thiophene rings is 1. The lowest BCUT2D eigenvalue weighted by atomic mass is 9.88. The molecule has 0 bridgehead atoms. The van der Waals surface area contributed by atoms with E-state index in [1.807, 2.05) is 11.4 Å². The van der Waals surface area contributed by atoms with Crippen LogP contribution in [0.2, 0.25) is 0 Å². The van der Waals surface area contributed by atoms with Crippen molar-refractivity contribution in [2.75, 3.05) is 5.32 Å². The van der Waals surface area contributed by atoms with Crippen molar-refractivity contribution in [1.29, 1.82) is 0 Å². The second-order valence-corrected chi connectivity index (χ2v) is 5.80. The molecule has 100 valence electrons. The van der Waals surface area contributed by atoms with Crippen molar-refractivity contribution in [2.45, 2.75) is 38.0 Å². The van der Waals surface area contributed by atoms with Gasteiger partial charge in [-0.1, -0.05) is 19.3 Å². The molecule has 0 saturated heterocycles. The molecule has 0 aromatic carbocycles.